The minimum Gasteiger partial charge on any atom is -0.301 e. The molecule has 0 radical (unpaired) electrons. The van der Waals surface area contributed by atoms with Gasteiger partial charge in [-0.3, -0.25) is 4.79 Å². The number of hydrogen-bond acceptors (Lipinski definition) is 5. The average molecular weight is 390 g/mol. The van der Waals surface area contributed by atoms with Gasteiger partial charge < -0.3 is 5.32 Å². The van der Waals surface area contributed by atoms with Gasteiger partial charge in [0.15, 0.2) is 4.34 Å². The molecule has 140 valence electrons. The van der Waals surface area contributed by atoms with E-state index in [4.69, 9.17) is 0 Å². The third-order valence-corrected chi connectivity index (χ3v) is 6.96. The fourth-order valence-electron chi connectivity index (χ4n) is 3.28. The highest BCUT2D eigenvalue weighted by Gasteiger charge is 2.17. The normalized spacial score (nSPS) is 14.9. The number of nitrogens with one attached hydrogen (secondary N) is 1. The summed E-state index contributed by atoms with van der Waals surface area (Å²) >= 11 is 3.12. The van der Waals surface area contributed by atoms with E-state index in [1.807, 2.05) is 0 Å². The Morgan fingerprint density at radius 2 is 1.96 bits per heavy atom. The SMILES string of the molecule is CC(C)c1ccc(CSc2nnc(NC(=O)CCC3CCCC3)s2)cc1. The topological polar surface area (TPSA) is 54.9 Å². The van der Waals surface area contributed by atoms with Crippen molar-refractivity contribution >= 4 is 34.1 Å². The van der Waals surface area contributed by atoms with Gasteiger partial charge in [0.2, 0.25) is 11.0 Å². The number of benzene rings is 1. The van der Waals surface area contributed by atoms with E-state index in [9.17, 15) is 4.79 Å². The smallest absolute Gasteiger partial charge is 0.226 e. The Labute approximate surface area is 164 Å². The summed E-state index contributed by atoms with van der Waals surface area (Å²) in [6, 6.07) is 8.73. The zero-order chi connectivity index (χ0) is 18.4. The maximum Gasteiger partial charge on any atom is 0.226 e. The van der Waals surface area contributed by atoms with Crippen LogP contribution in [0, 0.1) is 5.92 Å². The molecule has 6 heteroatoms. The van der Waals surface area contributed by atoms with Crippen molar-refractivity contribution < 1.29 is 4.79 Å². The molecule has 1 aromatic heterocycles. The molecule has 1 N–H and O–H groups in total. The summed E-state index contributed by atoms with van der Waals surface area (Å²) in [6.07, 6.45) is 6.80. The maximum atomic E-state index is 12.1. The van der Waals surface area contributed by atoms with Crippen LogP contribution in [0.1, 0.15) is 69.4 Å². The molecule has 0 saturated heterocycles. The predicted octanol–water partition coefficient (Wildman–Crippen LogP) is 5.86. The van der Waals surface area contributed by atoms with Gasteiger partial charge in [-0.05, 0) is 29.4 Å². The summed E-state index contributed by atoms with van der Waals surface area (Å²) in [5, 5.41) is 11.8. The number of carbonyl (C=O) groups is 1. The van der Waals surface area contributed by atoms with Gasteiger partial charge in [-0.25, -0.2) is 0 Å². The number of rotatable bonds is 8. The largest absolute Gasteiger partial charge is 0.301 e. The van der Waals surface area contributed by atoms with Crippen molar-refractivity contribution in [3.8, 4) is 0 Å². The van der Waals surface area contributed by atoms with Gasteiger partial charge >= 0.3 is 0 Å². The lowest BCUT2D eigenvalue weighted by atomic mass is 10.0. The third-order valence-electron chi connectivity index (χ3n) is 4.92. The van der Waals surface area contributed by atoms with Crippen molar-refractivity contribution in [3.63, 3.8) is 0 Å². The predicted molar refractivity (Wildman–Crippen MR) is 110 cm³/mol. The molecule has 1 heterocycles. The second-order valence-electron chi connectivity index (χ2n) is 7.30. The molecule has 1 aromatic carbocycles. The molecule has 0 spiro atoms. The molecule has 3 rings (SSSR count). The number of carbonyl (C=O) groups excluding carboxylic acids is 1. The highest BCUT2D eigenvalue weighted by molar-refractivity contribution is 8.00. The van der Waals surface area contributed by atoms with E-state index in [-0.39, 0.29) is 5.91 Å². The van der Waals surface area contributed by atoms with Crippen LogP contribution in [0.4, 0.5) is 5.13 Å². The van der Waals surface area contributed by atoms with Crippen LogP contribution in [0.5, 0.6) is 0 Å². The first-order valence-electron chi connectivity index (χ1n) is 9.45. The standard InChI is InChI=1S/C20H27N3OS2/c1-14(2)17-10-7-16(8-11-17)13-25-20-23-22-19(26-20)21-18(24)12-9-15-5-3-4-6-15/h7-8,10-11,14-15H,3-6,9,12-13H2,1-2H3,(H,21,22,24). The van der Waals surface area contributed by atoms with Crippen LogP contribution in [0.3, 0.4) is 0 Å². The van der Waals surface area contributed by atoms with E-state index in [1.54, 1.807) is 11.8 Å². The molecule has 1 fully saturated rings. The van der Waals surface area contributed by atoms with E-state index in [0.29, 0.717) is 17.5 Å². The number of amides is 1. The zero-order valence-corrected chi connectivity index (χ0v) is 17.2. The van der Waals surface area contributed by atoms with E-state index < -0.39 is 0 Å². The van der Waals surface area contributed by atoms with Crippen LogP contribution in [-0.4, -0.2) is 16.1 Å². The minimum absolute atomic E-state index is 0.0638. The molecule has 0 unspecified atom stereocenters. The Morgan fingerprint density at radius 1 is 1.23 bits per heavy atom. The Balaban J connectivity index is 1.43. The first kappa shape index (κ1) is 19.4. The Hall–Kier alpha value is -1.40. The van der Waals surface area contributed by atoms with Crippen LogP contribution >= 0.6 is 23.1 Å². The van der Waals surface area contributed by atoms with Gasteiger partial charge in [-0.15, -0.1) is 10.2 Å². The summed E-state index contributed by atoms with van der Waals surface area (Å²) in [5.74, 6) is 2.22. The van der Waals surface area contributed by atoms with Crippen LogP contribution in [0.25, 0.3) is 0 Å². The molecule has 0 bridgehead atoms. The van der Waals surface area contributed by atoms with Crippen LogP contribution < -0.4 is 5.32 Å². The number of nitrogens with zero attached hydrogens (tertiary/aromatic N) is 2. The van der Waals surface area contributed by atoms with Crippen LogP contribution in [0.2, 0.25) is 0 Å². The maximum absolute atomic E-state index is 12.1. The molecule has 1 aliphatic rings. The quantitative estimate of drug-likeness (QED) is 0.453. The van der Waals surface area contributed by atoms with Crippen LogP contribution in [0.15, 0.2) is 28.6 Å². The van der Waals surface area contributed by atoms with Gasteiger partial charge in [-0.1, -0.05) is 86.9 Å². The summed E-state index contributed by atoms with van der Waals surface area (Å²) < 4.78 is 0.893. The molecule has 2 aromatic rings. The monoisotopic (exact) mass is 389 g/mol. The first-order chi connectivity index (χ1) is 12.6. The zero-order valence-electron chi connectivity index (χ0n) is 15.5. The number of anilines is 1. The molecule has 0 atom stereocenters. The second-order valence-corrected chi connectivity index (χ2v) is 9.50. The number of hydrogen-bond donors (Lipinski definition) is 1. The van der Waals surface area contributed by atoms with Gasteiger partial charge in [0.25, 0.3) is 0 Å². The van der Waals surface area contributed by atoms with Crippen molar-refractivity contribution in [1.29, 1.82) is 0 Å². The molecular weight excluding hydrogens is 362 g/mol. The second kappa shape index (κ2) is 9.51. The highest BCUT2D eigenvalue weighted by atomic mass is 32.2. The summed E-state index contributed by atoms with van der Waals surface area (Å²) in [4.78, 5) is 12.1. The van der Waals surface area contributed by atoms with Crippen molar-refractivity contribution in [3.05, 3.63) is 35.4 Å². The lowest BCUT2D eigenvalue weighted by Crippen LogP contribution is -2.12. The Kier molecular flexibility index (Phi) is 7.08. The average Bonchev–Trinajstić information content (AvgIpc) is 3.30. The van der Waals surface area contributed by atoms with E-state index in [1.165, 1.54) is 48.1 Å². The first-order valence-corrected chi connectivity index (χ1v) is 11.3. The molecular formula is C20H27N3OS2. The molecule has 0 aliphatic heterocycles. The molecule has 1 saturated carbocycles. The van der Waals surface area contributed by atoms with Crippen molar-refractivity contribution in [2.24, 2.45) is 5.92 Å². The number of thioether (sulfide) groups is 1. The van der Waals surface area contributed by atoms with Gasteiger partial charge in [0.05, 0.1) is 0 Å². The number of aromatic nitrogens is 2. The van der Waals surface area contributed by atoms with E-state index in [2.05, 4.69) is 53.6 Å². The van der Waals surface area contributed by atoms with Crippen LogP contribution in [-0.2, 0) is 10.5 Å². The van der Waals surface area contributed by atoms with Crippen molar-refractivity contribution in [1.82, 2.24) is 10.2 Å². The fourth-order valence-corrected chi connectivity index (χ4v) is 5.00. The third kappa shape index (κ3) is 5.81. The highest BCUT2D eigenvalue weighted by Crippen LogP contribution is 2.30. The Bertz CT molecular complexity index is 706. The van der Waals surface area contributed by atoms with E-state index >= 15 is 0 Å². The summed E-state index contributed by atoms with van der Waals surface area (Å²) in [7, 11) is 0. The summed E-state index contributed by atoms with van der Waals surface area (Å²) in [6.45, 7) is 4.41. The minimum atomic E-state index is 0.0638. The molecule has 1 amide bonds. The molecule has 26 heavy (non-hydrogen) atoms. The van der Waals surface area contributed by atoms with Gasteiger partial charge in [0, 0.05) is 12.2 Å². The summed E-state index contributed by atoms with van der Waals surface area (Å²) in [5.41, 5.74) is 2.63. The van der Waals surface area contributed by atoms with Gasteiger partial charge in [-0.2, -0.15) is 0 Å². The van der Waals surface area contributed by atoms with Crippen molar-refractivity contribution in [2.45, 2.75) is 68.4 Å². The Morgan fingerprint density at radius 3 is 2.65 bits per heavy atom. The van der Waals surface area contributed by atoms with Crippen molar-refractivity contribution in [2.75, 3.05) is 5.32 Å². The lowest BCUT2D eigenvalue weighted by Gasteiger charge is -2.07. The lowest BCUT2D eigenvalue weighted by molar-refractivity contribution is -0.116. The molecule has 4 nitrogen and oxygen atoms in total. The molecule has 1 aliphatic carbocycles. The van der Waals surface area contributed by atoms with E-state index in [0.717, 1.165) is 22.4 Å². The fraction of sp³-hybridized carbons (Fsp3) is 0.550. The van der Waals surface area contributed by atoms with Gasteiger partial charge in [0.1, 0.15) is 0 Å².